The molecule has 1 aromatic carbocycles. The molecule has 148 valence electrons. The van der Waals surface area contributed by atoms with Crippen LogP contribution in [0, 0.1) is 0 Å². The van der Waals surface area contributed by atoms with Gasteiger partial charge in [0.05, 0.1) is 13.7 Å². The normalized spacial score (nSPS) is 19.4. The van der Waals surface area contributed by atoms with Crippen molar-refractivity contribution in [1.29, 1.82) is 0 Å². The van der Waals surface area contributed by atoms with E-state index >= 15 is 0 Å². The molecular formula is C18H23BrN2O6. The van der Waals surface area contributed by atoms with E-state index in [0.717, 1.165) is 4.47 Å². The average molecular weight is 443 g/mol. The number of benzene rings is 1. The van der Waals surface area contributed by atoms with Gasteiger partial charge in [-0.1, -0.05) is 22.0 Å². The van der Waals surface area contributed by atoms with Gasteiger partial charge in [0.2, 0.25) is 0 Å². The lowest BCUT2D eigenvalue weighted by atomic mass is 10.2. The number of halogens is 1. The van der Waals surface area contributed by atoms with Gasteiger partial charge in [-0.2, -0.15) is 0 Å². The highest BCUT2D eigenvalue weighted by Crippen LogP contribution is 2.25. The number of rotatable bonds is 3. The van der Waals surface area contributed by atoms with Crippen molar-refractivity contribution < 1.29 is 28.6 Å². The Kier molecular flexibility index (Phi) is 6.69. The van der Waals surface area contributed by atoms with Crippen LogP contribution in [0.2, 0.25) is 0 Å². The third-order valence-electron chi connectivity index (χ3n) is 3.71. The lowest BCUT2D eigenvalue weighted by molar-refractivity contribution is -0.145. The molecule has 8 nitrogen and oxygen atoms in total. The van der Waals surface area contributed by atoms with E-state index in [9.17, 15) is 14.4 Å². The van der Waals surface area contributed by atoms with Crippen molar-refractivity contribution in [2.45, 2.75) is 44.9 Å². The lowest BCUT2D eigenvalue weighted by Gasteiger charge is -2.27. The fourth-order valence-corrected chi connectivity index (χ4v) is 3.03. The summed E-state index contributed by atoms with van der Waals surface area (Å²) in [5.74, 6) is -0.584. The molecule has 1 aliphatic rings. The van der Waals surface area contributed by atoms with Gasteiger partial charge in [0.25, 0.3) is 0 Å². The molecule has 1 fully saturated rings. The zero-order valence-corrected chi connectivity index (χ0v) is 17.2. The van der Waals surface area contributed by atoms with E-state index in [1.165, 1.54) is 12.0 Å². The monoisotopic (exact) mass is 442 g/mol. The molecule has 0 spiro atoms. The van der Waals surface area contributed by atoms with Crippen molar-refractivity contribution in [2.24, 2.45) is 0 Å². The summed E-state index contributed by atoms with van der Waals surface area (Å²) < 4.78 is 16.3. The molecule has 27 heavy (non-hydrogen) atoms. The zero-order chi connectivity index (χ0) is 20.2. The van der Waals surface area contributed by atoms with Crippen LogP contribution in [0.5, 0.6) is 0 Å². The van der Waals surface area contributed by atoms with E-state index in [2.05, 4.69) is 21.2 Å². The van der Waals surface area contributed by atoms with Gasteiger partial charge in [-0.3, -0.25) is 10.2 Å². The van der Waals surface area contributed by atoms with E-state index in [1.807, 2.05) is 6.07 Å². The highest BCUT2D eigenvalue weighted by atomic mass is 79.9. The quantitative estimate of drug-likeness (QED) is 0.567. The molecule has 2 rings (SSSR count). The Morgan fingerprint density at radius 1 is 1.26 bits per heavy atom. The molecule has 1 N–H and O–H groups in total. The fraction of sp³-hybridized carbons (Fsp3) is 0.500. The third-order valence-corrected chi connectivity index (χ3v) is 4.20. The Morgan fingerprint density at radius 2 is 1.96 bits per heavy atom. The van der Waals surface area contributed by atoms with Crippen molar-refractivity contribution in [3.63, 3.8) is 0 Å². The Bertz CT molecular complexity index is 718. The second-order valence-electron chi connectivity index (χ2n) is 7.07. The van der Waals surface area contributed by atoms with Gasteiger partial charge in [0.1, 0.15) is 17.7 Å². The molecule has 1 aromatic rings. The maximum atomic E-state index is 12.4. The zero-order valence-electron chi connectivity index (χ0n) is 15.7. The Balaban J connectivity index is 2.02. The van der Waals surface area contributed by atoms with Crippen LogP contribution in [-0.4, -0.2) is 54.5 Å². The van der Waals surface area contributed by atoms with Gasteiger partial charge in [-0.05, 0) is 39.0 Å². The van der Waals surface area contributed by atoms with Gasteiger partial charge in [-0.15, -0.1) is 0 Å². The first kappa shape index (κ1) is 21.0. The largest absolute Gasteiger partial charge is 0.467 e. The van der Waals surface area contributed by atoms with Crippen LogP contribution in [0.4, 0.5) is 15.3 Å². The maximum Gasteiger partial charge on any atom is 0.411 e. The molecule has 0 radical (unpaired) electrons. The number of nitrogens with zero attached hydrogens (tertiary/aromatic N) is 1. The van der Waals surface area contributed by atoms with Crippen LogP contribution in [0.3, 0.4) is 0 Å². The highest BCUT2D eigenvalue weighted by molar-refractivity contribution is 9.10. The number of amides is 2. The Labute approximate surface area is 166 Å². The molecule has 0 aromatic heterocycles. The summed E-state index contributed by atoms with van der Waals surface area (Å²) in [5, 5.41) is 2.61. The number of ether oxygens (including phenoxy) is 3. The van der Waals surface area contributed by atoms with Gasteiger partial charge < -0.3 is 14.2 Å². The number of hydrogen-bond donors (Lipinski definition) is 1. The molecule has 0 saturated carbocycles. The van der Waals surface area contributed by atoms with Crippen LogP contribution in [0.1, 0.15) is 27.2 Å². The van der Waals surface area contributed by atoms with Crippen LogP contribution in [0.15, 0.2) is 28.7 Å². The number of nitrogens with one attached hydrogen (secondary N) is 1. The van der Waals surface area contributed by atoms with Crippen LogP contribution in [-0.2, 0) is 19.0 Å². The van der Waals surface area contributed by atoms with E-state index < -0.39 is 35.9 Å². The van der Waals surface area contributed by atoms with Crippen molar-refractivity contribution in [1.82, 2.24) is 4.90 Å². The molecule has 0 bridgehead atoms. The SMILES string of the molecule is COC(=O)[C@@H]1C[C@@H](OC(=O)Nc2cccc(Br)c2)CN1C(=O)OC(C)(C)C. The minimum absolute atomic E-state index is 0.0422. The first-order valence-electron chi connectivity index (χ1n) is 8.39. The molecule has 0 aliphatic carbocycles. The predicted molar refractivity (Wildman–Crippen MR) is 101 cm³/mol. The minimum atomic E-state index is -0.867. The summed E-state index contributed by atoms with van der Waals surface area (Å²) in [7, 11) is 1.24. The summed E-state index contributed by atoms with van der Waals surface area (Å²) in [6.07, 6.45) is -1.85. The van der Waals surface area contributed by atoms with E-state index in [4.69, 9.17) is 14.2 Å². The smallest absolute Gasteiger partial charge is 0.411 e. The lowest BCUT2D eigenvalue weighted by Crippen LogP contribution is -2.44. The maximum absolute atomic E-state index is 12.4. The summed E-state index contributed by atoms with van der Waals surface area (Å²) in [6, 6.07) is 6.17. The minimum Gasteiger partial charge on any atom is -0.467 e. The summed E-state index contributed by atoms with van der Waals surface area (Å²) >= 11 is 3.32. The number of carbonyl (C=O) groups excluding carboxylic acids is 3. The number of likely N-dealkylation sites (tertiary alicyclic amines) is 1. The number of hydrogen-bond acceptors (Lipinski definition) is 6. The first-order chi connectivity index (χ1) is 12.6. The van der Waals surface area contributed by atoms with Gasteiger partial charge in [0.15, 0.2) is 0 Å². The number of anilines is 1. The molecule has 1 aliphatic heterocycles. The molecule has 9 heteroatoms. The molecule has 1 saturated heterocycles. The number of esters is 1. The van der Waals surface area contributed by atoms with Crippen LogP contribution < -0.4 is 5.32 Å². The standard InChI is InChI=1S/C18H23BrN2O6/c1-18(2,3)27-17(24)21-10-13(9-14(21)15(22)25-4)26-16(23)20-12-7-5-6-11(19)8-12/h5-8,13-14H,9-10H2,1-4H3,(H,20,23)/t13-,14+/m1/s1. The summed E-state index contributed by atoms with van der Waals surface area (Å²) in [6.45, 7) is 5.23. The third kappa shape index (κ3) is 6.13. The van der Waals surface area contributed by atoms with Crippen LogP contribution >= 0.6 is 15.9 Å². The number of carbonyl (C=O) groups is 3. The molecule has 1 heterocycles. The first-order valence-corrected chi connectivity index (χ1v) is 9.19. The predicted octanol–water partition coefficient (Wildman–Crippen LogP) is 3.55. The fourth-order valence-electron chi connectivity index (χ4n) is 2.63. The second-order valence-corrected chi connectivity index (χ2v) is 7.99. The van der Waals surface area contributed by atoms with Crippen molar-refractivity contribution in [3.8, 4) is 0 Å². The molecule has 2 amide bonds. The van der Waals surface area contributed by atoms with Gasteiger partial charge >= 0.3 is 18.2 Å². The van der Waals surface area contributed by atoms with E-state index in [-0.39, 0.29) is 13.0 Å². The van der Waals surface area contributed by atoms with Crippen molar-refractivity contribution >= 4 is 39.8 Å². The van der Waals surface area contributed by atoms with Crippen molar-refractivity contribution in [3.05, 3.63) is 28.7 Å². The van der Waals surface area contributed by atoms with Gasteiger partial charge in [-0.25, -0.2) is 14.4 Å². The topological polar surface area (TPSA) is 94.2 Å². The van der Waals surface area contributed by atoms with E-state index in [0.29, 0.717) is 5.69 Å². The average Bonchev–Trinajstić information content (AvgIpc) is 2.96. The van der Waals surface area contributed by atoms with Crippen molar-refractivity contribution in [2.75, 3.05) is 19.0 Å². The molecular weight excluding hydrogens is 420 g/mol. The number of methoxy groups -OCH3 is 1. The van der Waals surface area contributed by atoms with Crippen LogP contribution in [0.25, 0.3) is 0 Å². The summed E-state index contributed by atoms with van der Waals surface area (Å²) in [4.78, 5) is 37.8. The molecule has 2 atom stereocenters. The Morgan fingerprint density at radius 3 is 2.56 bits per heavy atom. The Hall–Kier alpha value is -2.29. The van der Waals surface area contributed by atoms with E-state index in [1.54, 1.807) is 39.0 Å². The summed E-state index contributed by atoms with van der Waals surface area (Å²) in [5.41, 5.74) is -0.157. The molecule has 0 unspecified atom stereocenters. The highest BCUT2D eigenvalue weighted by Gasteiger charge is 2.43. The second kappa shape index (κ2) is 8.60. The van der Waals surface area contributed by atoms with Gasteiger partial charge in [0, 0.05) is 16.6 Å².